The lowest BCUT2D eigenvalue weighted by Gasteiger charge is -2.50. The van der Waals surface area contributed by atoms with E-state index in [1.165, 1.54) is 14.0 Å². The number of nitrogens with one attached hydrogen (secondary N) is 1. The number of aliphatic hydroxyl groups excluding tert-OH is 6. The molecule has 16 N–H and O–H groups in total. The summed E-state index contributed by atoms with van der Waals surface area (Å²) < 4.78 is 49.0. The highest BCUT2D eigenvalue weighted by molar-refractivity contribution is 7.90. The third-order valence-corrected chi connectivity index (χ3v) is 9.31. The van der Waals surface area contributed by atoms with Gasteiger partial charge in [0.15, 0.2) is 30.4 Å². The zero-order chi connectivity index (χ0) is 32.7. The van der Waals surface area contributed by atoms with Crippen LogP contribution in [0.1, 0.15) is 6.92 Å². The second-order valence-electron chi connectivity index (χ2n) is 10.3. The molecule has 0 amide bonds. The second kappa shape index (κ2) is 13.1. The quantitative estimate of drug-likeness (QED) is 0.0595. The highest BCUT2D eigenvalue weighted by Gasteiger charge is 2.70. The maximum absolute atomic E-state index is 13.2. The lowest BCUT2D eigenvalue weighted by atomic mass is 9.81. The molecule has 2 aliphatic heterocycles. The zero-order valence-electron chi connectivity index (χ0n) is 23.0. The summed E-state index contributed by atoms with van der Waals surface area (Å²) in [5.74, 6) is -0.826. The third kappa shape index (κ3) is 5.96. The van der Waals surface area contributed by atoms with Crippen molar-refractivity contribution in [2.45, 2.75) is 97.0 Å². The Hall–Kier alpha value is -2.16. The Kier molecular flexibility index (Phi) is 10.7. The Labute approximate surface area is 245 Å². The molecule has 3 rings (SSSR count). The first-order valence-corrected chi connectivity index (χ1v) is 14.4. The van der Waals surface area contributed by atoms with Gasteiger partial charge < -0.3 is 77.2 Å². The standard InChI is InChI=1S/C21H39N7O14S/c1-6-20(36,4-30)16(41-17-9(26-2)11(32)10(31)7(3-29)40-17)18(39-6)42-21(43(25,37)38)14(28-19(23)24)12(33)8(27-5-22)13(34)15(21)35/h4-18,26,29,31-36H,3H2,1-2H3,(H2,22,27)(H4,23,24,28)(H2,25,37,38)/t6-,7-,8+,9-,10-,11-,12+,13-,14-,15+,16-,17-,18-,20+,21+/m0/s1. The van der Waals surface area contributed by atoms with E-state index in [-0.39, 0.29) is 6.29 Å². The molecule has 3 fully saturated rings. The van der Waals surface area contributed by atoms with Gasteiger partial charge >= 0.3 is 0 Å². The molecular formula is C21H39N7O14S. The molecule has 2 heterocycles. The number of hydrogen-bond donors (Lipinski definition) is 12. The minimum atomic E-state index is -5.33. The molecule has 1 saturated carbocycles. The second-order valence-corrected chi connectivity index (χ2v) is 12.1. The number of sulfonamides is 1. The molecule has 0 aromatic heterocycles. The summed E-state index contributed by atoms with van der Waals surface area (Å²) in [6.07, 6.45) is -18.4. The van der Waals surface area contributed by atoms with E-state index >= 15 is 0 Å². The molecule has 2 saturated heterocycles. The summed E-state index contributed by atoms with van der Waals surface area (Å²) in [7, 11) is -4.00. The average Bonchev–Trinajstić information content (AvgIpc) is 3.17. The van der Waals surface area contributed by atoms with Crippen LogP contribution in [0.5, 0.6) is 0 Å². The van der Waals surface area contributed by atoms with E-state index in [1.807, 2.05) is 0 Å². The van der Waals surface area contributed by atoms with Crippen LogP contribution in [-0.2, 0) is 33.8 Å². The molecule has 248 valence electrons. The molecule has 21 nitrogen and oxygen atoms in total. The van der Waals surface area contributed by atoms with Gasteiger partial charge in [0.1, 0.15) is 54.8 Å². The van der Waals surface area contributed by atoms with E-state index in [9.17, 15) is 49.0 Å². The van der Waals surface area contributed by atoms with Crippen LogP contribution >= 0.6 is 0 Å². The number of ether oxygens (including phenoxy) is 4. The van der Waals surface area contributed by atoms with Crippen LogP contribution in [0.3, 0.4) is 0 Å². The largest absolute Gasteiger partial charge is 0.394 e. The molecule has 0 unspecified atom stereocenters. The van der Waals surface area contributed by atoms with Crippen molar-refractivity contribution in [2.75, 3.05) is 13.7 Å². The van der Waals surface area contributed by atoms with Gasteiger partial charge in [0, 0.05) is 0 Å². The van der Waals surface area contributed by atoms with E-state index in [2.05, 4.69) is 15.3 Å². The first kappa shape index (κ1) is 35.3. The van der Waals surface area contributed by atoms with E-state index in [0.29, 0.717) is 6.34 Å². The summed E-state index contributed by atoms with van der Waals surface area (Å²) in [5, 5.41) is 82.8. The Morgan fingerprint density at radius 2 is 1.70 bits per heavy atom. The number of aliphatic imine (C=N–C) groups is 2. The molecule has 3 aliphatic rings. The van der Waals surface area contributed by atoms with Gasteiger partial charge in [-0.25, -0.2) is 18.5 Å². The van der Waals surface area contributed by atoms with Gasteiger partial charge in [-0.3, -0.25) is 9.79 Å². The van der Waals surface area contributed by atoms with Crippen molar-refractivity contribution in [1.82, 2.24) is 5.32 Å². The van der Waals surface area contributed by atoms with Crippen LogP contribution in [0.2, 0.25) is 0 Å². The Morgan fingerprint density at radius 1 is 1.07 bits per heavy atom. The highest BCUT2D eigenvalue weighted by atomic mass is 32.2. The zero-order valence-corrected chi connectivity index (χ0v) is 23.8. The summed E-state index contributed by atoms with van der Waals surface area (Å²) >= 11 is 0. The number of carbonyl (C=O) groups excluding carboxylic acids is 1. The summed E-state index contributed by atoms with van der Waals surface area (Å²) in [6.45, 7) is 0.373. The van der Waals surface area contributed by atoms with E-state index in [0.717, 1.165) is 0 Å². The molecule has 0 aromatic carbocycles. The van der Waals surface area contributed by atoms with Crippen molar-refractivity contribution in [1.29, 1.82) is 0 Å². The van der Waals surface area contributed by atoms with Gasteiger partial charge in [0.25, 0.3) is 0 Å². The molecule has 0 spiro atoms. The maximum atomic E-state index is 13.2. The normalized spacial score (nSPS) is 47.4. The molecule has 1 aliphatic carbocycles. The van der Waals surface area contributed by atoms with Crippen LogP contribution in [0, 0.1) is 0 Å². The first-order valence-electron chi connectivity index (χ1n) is 12.8. The summed E-state index contributed by atoms with van der Waals surface area (Å²) in [4.78, 5) is 16.1. The Morgan fingerprint density at radius 3 is 2.19 bits per heavy atom. The lowest BCUT2D eigenvalue weighted by molar-refractivity contribution is -0.318. The molecular weight excluding hydrogens is 606 g/mol. The van der Waals surface area contributed by atoms with Gasteiger partial charge in [0.05, 0.1) is 25.1 Å². The number of likely N-dealkylation sites (N-methyl/N-ethyl adjacent to an activating group) is 1. The van der Waals surface area contributed by atoms with Gasteiger partial charge in [-0.1, -0.05) is 0 Å². The summed E-state index contributed by atoms with van der Waals surface area (Å²) in [6, 6.07) is -5.22. The fourth-order valence-corrected chi connectivity index (χ4v) is 6.69. The van der Waals surface area contributed by atoms with Crippen molar-refractivity contribution in [3.8, 4) is 0 Å². The molecule has 0 bridgehead atoms. The van der Waals surface area contributed by atoms with Crippen molar-refractivity contribution < 1.29 is 67.9 Å². The number of hydrogen-bond acceptors (Lipinski definition) is 17. The monoisotopic (exact) mass is 645 g/mol. The number of primary sulfonamides is 1. The number of rotatable bonds is 10. The molecule has 43 heavy (non-hydrogen) atoms. The van der Waals surface area contributed by atoms with Crippen molar-refractivity contribution in [2.24, 2.45) is 32.3 Å². The van der Waals surface area contributed by atoms with Crippen LogP contribution in [0.25, 0.3) is 0 Å². The Bertz CT molecular complexity index is 1160. The fraction of sp³-hybridized carbons (Fsp3) is 0.857. The van der Waals surface area contributed by atoms with Crippen LogP contribution in [0.4, 0.5) is 0 Å². The SMILES string of the molecule is CN[C@@H]1[C@H](O[C@H]2[C@H](O[C@]3(S(N)(=O)=O)[C@H](O)[C@@H](O)[C@H](N=CN)[C@@H](O)[C@@H]3N=C(N)N)O[C@@H](C)[C@]2(O)C=O)O[C@@H](CO)[C@H](O)[C@H]1O. The van der Waals surface area contributed by atoms with Gasteiger partial charge in [-0.05, 0) is 14.0 Å². The first-order chi connectivity index (χ1) is 20.0. The molecule has 22 heteroatoms. The van der Waals surface area contributed by atoms with E-state index in [4.69, 9.17) is 41.3 Å². The molecule has 15 atom stereocenters. The smallest absolute Gasteiger partial charge is 0.244 e. The van der Waals surface area contributed by atoms with Crippen molar-refractivity contribution in [3.63, 3.8) is 0 Å². The van der Waals surface area contributed by atoms with Crippen molar-refractivity contribution in [3.05, 3.63) is 0 Å². The number of aliphatic hydroxyl groups is 7. The molecule has 0 aromatic rings. The van der Waals surface area contributed by atoms with Gasteiger partial charge in [-0.15, -0.1) is 0 Å². The predicted molar refractivity (Wildman–Crippen MR) is 142 cm³/mol. The number of aldehydes is 1. The number of nitrogens with zero attached hydrogens (tertiary/aromatic N) is 2. The van der Waals surface area contributed by atoms with Crippen LogP contribution < -0.4 is 27.7 Å². The van der Waals surface area contributed by atoms with Crippen molar-refractivity contribution >= 4 is 28.6 Å². The number of nitrogens with two attached hydrogens (primary N) is 4. The Balaban J connectivity index is 2.16. The topological polar surface area (TPSA) is 371 Å². The third-order valence-electron chi connectivity index (χ3n) is 7.84. The number of carbonyl (C=O) groups is 1. The minimum absolute atomic E-state index is 0.0121. The van der Waals surface area contributed by atoms with Gasteiger partial charge in [-0.2, -0.15) is 0 Å². The van der Waals surface area contributed by atoms with E-state index in [1.54, 1.807) is 0 Å². The highest BCUT2D eigenvalue weighted by Crippen LogP contribution is 2.44. The molecule has 0 radical (unpaired) electrons. The average molecular weight is 646 g/mol. The minimum Gasteiger partial charge on any atom is -0.394 e. The van der Waals surface area contributed by atoms with E-state index < -0.39 is 113 Å². The fourth-order valence-electron chi connectivity index (χ4n) is 5.46. The maximum Gasteiger partial charge on any atom is 0.244 e. The van der Waals surface area contributed by atoms with Crippen LogP contribution in [0.15, 0.2) is 9.98 Å². The van der Waals surface area contributed by atoms with Crippen LogP contribution in [-0.4, -0.2) is 166 Å². The number of guanidine groups is 1. The summed E-state index contributed by atoms with van der Waals surface area (Å²) in [5.41, 5.74) is 13.6. The van der Waals surface area contributed by atoms with Gasteiger partial charge in [0.2, 0.25) is 15.0 Å². The lowest BCUT2D eigenvalue weighted by Crippen LogP contribution is -2.76. The predicted octanol–water partition coefficient (Wildman–Crippen LogP) is -8.83.